The van der Waals surface area contributed by atoms with Gasteiger partial charge in [0.25, 0.3) is 0 Å². The zero-order valence-electron chi connectivity index (χ0n) is 11.1. The lowest BCUT2D eigenvalue weighted by atomic mass is 10.1. The predicted molar refractivity (Wildman–Crippen MR) is 69.4 cm³/mol. The van der Waals surface area contributed by atoms with Crippen molar-refractivity contribution in [1.29, 1.82) is 0 Å². The Kier molecular flexibility index (Phi) is 6.70. The van der Waals surface area contributed by atoms with E-state index in [1.807, 2.05) is 0 Å². The van der Waals surface area contributed by atoms with Gasteiger partial charge in [0, 0.05) is 19.8 Å². The van der Waals surface area contributed by atoms with Gasteiger partial charge in [0.15, 0.2) is 0 Å². The number of likely N-dealkylation sites (N-methyl/N-ethyl adjacent to an activating group) is 1. The summed E-state index contributed by atoms with van der Waals surface area (Å²) in [5.74, 6) is 0.296. The SMILES string of the molecule is CC(C)CCN(C)C(=O)C(N)CCS(C)(=O)=O. The summed E-state index contributed by atoms with van der Waals surface area (Å²) in [5, 5.41) is 0. The van der Waals surface area contributed by atoms with Crippen molar-refractivity contribution in [3.05, 3.63) is 0 Å². The van der Waals surface area contributed by atoms with Crippen LogP contribution in [0.25, 0.3) is 0 Å². The van der Waals surface area contributed by atoms with Gasteiger partial charge in [-0.15, -0.1) is 0 Å². The summed E-state index contributed by atoms with van der Waals surface area (Å²) in [5.41, 5.74) is 5.68. The average molecular weight is 264 g/mol. The van der Waals surface area contributed by atoms with Crippen molar-refractivity contribution in [2.24, 2.45) is 11.7 Å². The Morgan fingerprint density at radius 3 is 2.24 bits per heavy atom. The monoisotopic (exact) mass is 264 g/mol. The van der Waals surface area contributed by atoms with Gasteiger partial charge >= 0.3 is 0 Å². The Morgan fingerprint density at radius 2 is 1.82 bits per heavy atom. The fourth-order valence-corrected chi connectivity index (χ4v) is 1.99. The normalized spacial score (nSPS) is 13.8. The first kappa shape index (κ1) is 16.4. The summed E-state index contributed by atoms with van der Waals surface area (Å²) >= 11 is 0. The van der Waals surface area contributed by atoms with Crippen molar-refractivity contribution in [2.75, 3.05) is 25.6 Å². The van der Waals surface area contributed by atoms with E-state index in [-0.39, 0.29) is 18.1 Å². The van der Waals surface area contributed by atoms with E-state index in [9.17, 15) is 13.2 Å². The molecule has 1 unspecified atom stereocenters. The lowest BCUT2D eigenvalue weighted by molar-refractivity contribution is -0.131. The zero-order valence-corrected chi connectivity index (χ0v) is 12.0. The number of nitrogens with zero attached hydrogens (tertiary/aromatic N) is 1. The molecule has 0 saturated carbocycles. The molecule has 17 heavy (non-hydrogen) atoms. The first-order chi connectivity index (χ1) is 7.63. The molecule has 0 aliphatic rings. The van der Waals surface area contributed by atoms with Gasteiger partial charge in [-0.3, -0.25) is 4.79 Å². The van der Waals surface area contributed by atoms with Crippen LogP contribution in [0.1, 0.15) is 26.7 Å². The van der Waals surface area contributed by atoms with E-state index >= 15 is 0 Å². The van der Waals surface area contributed by atoms with E-state index in [4.69, 9.17) is 5.73 Å². The molecule has 0 rings (SSSR count). The molecule has 6 heteroatoms. The Morgan fingerprint density at radius 1 is 1.29 bits per heavy atom. The molecule has 0 fully saturated rings. The molecule has 0 aromatic heterocycles. The number of hydrogen-bond acceptors (Lipinski definition) is 4. The second kappa shape index (κ2) is 6.96. The summed E-state index contributed by atoms with van der Waals surface area (Å²) in [6.45, 7) is 4.83. The highest BCUT2D eigenvalue weighted by Gasteiger charge is 2.19. The highest BCUT2D eigenvalue weighted by atomic mass is 32.2. The van der Waals surface area contributed by atoms with Crippen molar-refractivity contribution < 1.29 is 13.2 Å². The molecule has 2 N–H and O–H groups in total. The minimum Gasteiger partial charge on any atom is -0.344 e. The van der Waals surface area contributed by atoms with E-state index in [0.29, 0.717) is 12.5 Å². The standard InChI is InChI=1S/C11H24N2O3S/c1-9(2)5-7-13(3)11(14)10(12)6-8-17(4,15)16/h9-10H,5-8,12H2,1-4H3. The third kappa shape index (κ3) is 8.15. The van der Waals surface area contributed by atoms with Crippen LogP contribution in [0.3, 0.4) is 0 Å². The topological polar surface area (TPSA) is 80.5 Å². The van der Waals surface area contributed by atoms with Gasteiger partial charge in [0.1, 0.15) is 9.84 Å². The number of amides is 1. The summed E-state index contributed by atoms with van der Waals surface area (Å²) in [7, 11) is -1.36. The fraction of sp³-hybridized carbons (Fsp3) is 0.909. The van der Waals surface area contributed by atoms with E-state index < -0.39 is 15.9 Å². The smallest absolute Gasteiger partial charge is 0.239 e. The molecule has 0 saturated heterocycles. The minimum atomic E-state index is -3.05. The van der Waals surface area contributed by atoms with Gasteiger partial charge in [-0.05, 0) is 18.8 Å². The molecule has 0 radical (unpaired) electrons. The van der Waals surface area contributed by atoms with Gasteiger partial charge in [-0.2, -0.15) is 0 Å². The first-order valence-corrected chi connectivity index (χ1v) is 7.88. The molecular formula is C11H24N2O3S. The molecule has 1 amide bonds. The van der Waals surface area contributed by atoms with Crippen LogP contribution in [-0.4, -0.2) is 50.9 Å². The summed E-state index contributed by atoms with van der Waals surface area (Å²) in [6.07, 6.45) is 2.25. The largest absolute Gasteiger partial charge is 0.344 e. The third-order valence-corrected chi connectivity index (χ3v) is 3.51. The first-order valence-electron chi connectivity index (χ1n) is 5.81. The molecule has 0 aromatic carbocycles. The molecule has 0 heterocycles. The number of carbonyl (C=O) groups is 1. The average Bonchev–Trinajstić information content (AvgIpc) is 2.20. The maximum atomic E-state index is 11.8. The van der Waals surface area contributed by atoms with Crippen molar-refractivity contribution in [3.63, 3.8) is 0 Å². The molecule has 0 aliphatic carbocycles. The molecule has 0 aromatic rings. The van der Waals surface area contributed by atoms with Gasteiger partial charge in [-0.1, -0.05) is 13.8 Å². The Balaban J connectivity index is 4.11. The van der Waals surface area contributed by atoms with Crippen LogP contribution in [0.2, 0.25) is 0 Å². The van der Waals surface area contributed by atoms with Gasteiger partial charge < -0.3 is 10.6 Å². The van der Waals surface area contributed by atoms with Gasteiger partial charge in [-0.25, -0.2) is 8.42 Å². The molecule has 0 spiro atoms. The van der Waals surface area contributed by atoms with Crippen LogP contribution in [0.5, 0.6) is 0 Å². The minimum absolute atomic E-state index is 0.0437. The van der Waals surface area contributed by atoms with Crippen LogP contribution < -0.4 is 5.73 Å². The molecule has 5 nitrogen and oxygen atoms in total. The zero-order chi connectivity index (χ0) is 13.6. The second-order valence-electron chi connectivity index (χ2n) is 4.97. The van der Waals surface area contributed by atoms with Crippen LogP contribution in [0, 0.1) is 5.92 Å². The van der Waals surface area contributed by atoms with E-state index in [1.54, 1.807) is 11.9 Å². The quantitative estimate of drug-likeness (QED) is 0.715. The molecular weight excluding hydrogens is 240 g/mol. The Hall–Kier alpha value is -0.620. The molecule has 102 valence electrons. The Labute approximate surface area is 104 Å². The van der Waals surface area contributed by atoms with Gasteiger partial charge in [0.05, 0.1) is 11.8 Å². The van der Waals surface area contributed by atoms with Crippen molar-refractivity contribution in [3.8, 4) is 0 Å². The van der Waals surface area contributed by atoms with Crippen molar-refractivity contribution in [2.45, 2.75) is 32.7 Å². The lowest BCUT2D eigenvalue weighted by Crippen LogP contribution is -2.43. The lowest BCUT2D eigenvalue weighted by Gasteiger charge is -2.21. The van der Waals surface area contributed by atoms with Crippen LogP contribution >= 0.6 is 0 Å². The number of rotatable bonds is 7. The van der Waals surface area contributed by atoms with Crippen LogP contribution in [0.4, 0.5) is 0 Å². The van der Waals surface area contributed by atoms with Crippen LogP contribution in [-0.2, 0) is 14.6 Å². The number of sulfone groups is 1. The number of nitrogens with two attached hydrogens (primary N) is 1. The predicted octanol–water partition coefficient (Wildman–Crippen LogP) is 0.253. The summed E-state index contributed by atoms with van der Waals surface area (Å²) < 4.78 is 21.9. The van der Waals surface area contributed by atoms with Crippen LogP contribution in [0.15, 0.2) is 0 Å². The Bertz CT molecular complexity index is 339. The van der Waals surface area contributed by atoms with Crippen molar-refractivity contribution >= 4 is 15.7 Å². The second-order valence-corrected chi connectivity index (χ2v) is 7.23. The highest BCUT2D eigenvalue weighted by molar-refractivity contribution is 7.90. The number of carbonyl (C=O) groups excluding carboxylic acids is 1. The van der Waals surface area contributed by atoms with Gasteiger partial charge in [0.2, 0.25) is 5.91 Å². The fourth-order valence-electron chi connectivity index (χ4n) is 1.31. The third-order valence-electron chi connectivity index (χ3n) is 2.53. The number of hydrogen-bond donors (Lipinski definition) is 1. The molecule has 0 aliphatic heterocycles. The van der Waals surface area contributed by atoms with E-state index in [1.165, 1.54) is 0 Å². The van der Waals surface area contributed by atoms with E-state index in [0.717, 1.165) is 12.7 Å². The molecule has 1 atom stereocenters. The maximum Gasteiger partial charge on any atom is 0.239 e. The summed E-state index contributed by atoms with van der Waals surface area (Å²) in [6, 6.07) is -0.720. The van der Waals surface area contributed by atoms with Crippen molar-refractivity contribution in [1.82, 2.24) is 4.90 Å². The highest BCUT2D eigenvalue weighted by Crippen LogP contribution is 2.03. The summed E-state index contributed by atoms with van der Waals surface area (Å²) in [4.78, 5) is 13.4. The maximum absolute atomic E-state index is 11.8. The molecule has 0 bridgehead atoms. The van der Waals surface area contributed by atoms with E-state index in [2.05, 4.69) is 13.8 Å².